The van der Waals surface area contributed by atoms with E-state index in [0.29, 0.717) is 35.8 Å². The first-order valence-electron chi connectivity index (χ1n) is 12.0. The Bertz CT molecular complexity index is 1300. The van der Waals surface area contributed by atoms with Gasteiger partial charge >= 0.3 is 0 Å². The average Bonchev–Trinajstić information content (AvgIpc) is 3.30. The second kappa shape index (κ2) is 11.6. The van der Waals surface area contributed by atoms with Gasteiger partial charge in [-0.3, -0.25) is 14.5 Å². The lowest BCUT2D eigenvalue weighted by Crippen LogP contribution is -2.46. The molecular formula is C28H31N5O3. The van der Waals surface area contributed by atoms with Gasteiger partial charge in [-0.15, -0.1) is 5.10 Å². The second-order valence-corrected chi connectivity index (χ2v) is 8.84. The molecule has 36 heavy (non-hydrogen) atoms. The third kappa shape index (κ3) is 5.60. The maximum Gasteiger partial charge on any atom is 0.249 e. The summed E-state index contributed by atoms with van der Waals surface area (Å²) in [4.78, 5) is 29.0. The Hall–Kier alpha value is -4.04. The van der Waals surface area contributed by atoms with E-state index in [1.165, 1.54) is 0 Å². The average molecular weight is 486 g/mol. The third-order valence-electron chi connectivity index (χ3n) is 6.04. The first-order chi connectivity index (χ1) is 17.5. The van der Waals surface area contributed by atoms with Crippen molar-refractivity contribution < 1.29 is 14.3 Å². The number of fused-ring (bicyclic) bond motifs is 1. The van der Waals surface area contributed by atoms with Crippen LogP contribution < -0.4 is 10.2 Å². The number of carbonyl (C=O) groups is 2. The number of hydrogen-bond donors (Lipinski definition) is 1. The summed E-state index contributed by atoms with van der Waals surface area (Å²) in [5.74, 6) is -0.228. The van der Waals surface area contributed by atoms with Gasteiger partial charge in [0.2, 0.25) is 11.8 Å². The first kappa shape index (κ1) is 25.1. The number of benzene rings is 3. The molecule has 2 amide bonds. The number of aromatic nitrogens is 3. The Morgan fingerprint density at radius 2 is 1.64 bits per heavy atom. The van der Waals surface area contributed by atoms with Crippen LogP contribution in [0, 0.1) is 0 Å². The predicted octanol–water partition coefficient (Wildman–Crippen LogP) is 4.09. The van der Waals surface area contributed by atoms with Gasteiger partial charge in [-0.2, -0.15) is 0 Å². The number of anilines is 1. The number of nitrogens with one attached hydrogen (secondary N) is 1. The number of carbonyl (C=O) groups excluding carboxylic acids is 2. The summed E-state index contributed by atoms with van der Waals surface area (Å²) >= 11 is 0. The molecule has 0 aliphatic rings. The number of ether oxygens (including phenoxy) is 1. The number of hydrogen-bond acceptors (Lipinski definition) is 5. The van der Waals surface area contributed by atoms with E-state index in [0.717, 1.165) is 11.1 Å². The summed E-state index contributed by atoms with van der Waals surface area (Å²) in [5.41, 5.74) is 3.94. The standard InChI is InChI=1S/C28H31N5O3/c1-20(2)21-13-15-23(16-14-21)33(26(34)19-32-25-12-8-7-11-24(25)30-31-32)27(22-9-5-4-6-10-22)28(35)29-17-18-36-3/h4-16,20,27H,17-19H2,1-3H3,(H,29,35). The molecule has 0 spiro atoms. The quantitative estimate of drug-likeness (QED) is 0.342. The molecule has 186 valence electrons. The topological polar surface area (TPSA) is 89.4 Å². The van der Waals surface area contributed by atoms with Crippen molar-refractivity contribution in [3.63, 3.8) is 0 Å². The molecule has 8 heteroatoms. The fourth-order valence-electron chi connectivity index (χ4n) is 4.12. The lowest BCUT2D eigenvalue weighted by molar-refractivity contribution is -0.127. The zero-order valence-corrected chi connectivity index (χ0v) is 20.8. The van der Waals surface area contributed by atoms with Gasteiger partial charge in [0.25, 0.3) is 0 Å². The predicted molar refractivity (Wildman–Crippen MR) is 140 cm³/mol. The Kier molecular flexibility index (Phi) is 8.07. The maximum absolute atomic E-state index is 14.0. The molecule has 0 fully saturated rings. The lowest BCUT2D eigenvalue weighted by Gasteiger charge is -2.32. The molecule has 0 saturated heterocycles. The summed E-state index contributed by atoms with van der Waals surface area (Å²) in [6, 6.07) is 23.7. The van der Waals surface area contributed by atoms with Crippen LogP contribution in [0.1, 0.15) is 36.9 Å². The van der Waals surface area contributed by atoms with Crippen LogP contribution in [0.4, 0.5) is 5.69 Å². The first-order valence-corrected chi connectivity index (χ1v) is 12.0. The van der Waals surface area contributed by atoms with Crippen molar-refractivity contribution in [2.24, 2.45) is 0 Å². The highest BCUT2D eigenvalue weighted by Crippen LogP contribution is 2.30. The SMILES string of the molecule is COCCNC(=O)C(c1ccccc1)N(C(=O)Cn1nnc2ccccc21)c1ccc(C(C)C)cc1. The van der Waals surface area contributed by atoms with Crippen LogP contribution in [0.15, 0.2) is 78.9 Å². The minimum Gasteiger partial charge on any atom is -0.383 e. The fraction of sp³-hybridized carbons (Fsp3) is 0.286. The normalized spacial score (nSPS) is 12.0. The van der Waals surface area contributed by atoms with E-state index in [1.807, 2.05) is 78.9 Å². The Balaban J connectivity index is 1.76. The molecule has 0 aliphatic heterocycles. The van der Waals surface area contributed by atoms with Crippen molar-refractivity contribution in [2.75, 3.05) is 25.2 Å². The highest BCUT2D eigenvalue weighted by atomic mass is 16.5. The van der Waals surface area contributed by atoms with Crippen molar-refractivity contribution in [1.82, 2.24) is 20.3 Å². The largest absolute Gasteiger partial charge is 0.383 e. The molecule has 1 heterocycles. The number of methoxy groups -OCH3 is 1. The van der Waals surface area contributed by atoms with Gasteiger partial charge in [0, 0.05) is 19.3 Å². The smallest absolute Gasteiger partial charge is 0.249 e. The third-order valence-corrected chi connectivity index (χ3v) is 6.04. The molecule has 0 saturated carbocycles. The van der Waals surface area contributed by atoms with Gasteiger partial charge in [0.05, 0.1) is 12.1 Å². The number of amides is 2. The Morgan fingerprint density at radius 3 is 2.33 bits per heavy atom. The van der Waals surface area contributed by atoms with Crippen molar-refractivity contribution in [3.05, 3.63) is 90.0 Å². The van der Waals surface area contributed by atoms with E-state index in [-0.39, 0.29) is 18.4 Å². The molecule has 1 atom stereocenters. The minimum absolute atomic E-state index is 0.0683. The second-order valence-electron chi connectivity index (χ2n) is 8.84. The van der Waals surface area contributed by atoms with E-state index < -0.39 is 6.04 Å². The molecular weight excluding hydrogens is 454 g/mol. The fourth-order valence-corrected chi connectivity index (χ4v) is 4.12. The minimum atomic E-state index is -0.879. The van der Waals surface area contributed by atoms with Gasteiger partial charge in [-0.25, -0.2) is 4.68 Å². The lowest BCUT2D eigenvalue weighted by atomic mass is 10.0. The van der Waals surface area contributed by atoms with Crippen LogP contribution in [0.2, 0.25) is 0 Å². The van der Waals surface area contributed by atoms with Crippen molar-refractivity contribution in [1.29, 1.82) is 0 Å². The van der Waals surface area contributed by atoms with Gasteiger partial charge in [0.1, 0.15) is 18.1 Å². The highest BCUT2D eigenvalue weighted by Gasteiger charge is 2.33. The molecule has 4 rings (SSSR count). The highest BCUT2D eigenvalue weighted by molar-refractivity contribution is 6.01. The molecule has 0 bridgehead atoms. The van der Waals surface area contributed by atoms with Crippen molar-refractivity contribution in [3.8, 4) is 0 Å². The Morgan fingerprint density at radius 1 is 0.944 bits per heavy atom. The summed E-state index contributed by atoms with van der Waals surface area (Å²) in [6.45, 7) is 4.87. The summed E-state index contributed by atoms with van der Waals surface area (Å²) in [7, 11) is 1.58. The van der Waals surface area contributed by atoms with E-state index in [4.69, 9.17) is 4.74 Å². The van der Waals surface area contributed by atoms with Crippen LogP contribution >= 0.6 is 0 Å². The van der Waals surface area contributed by atoms with Crippen molar-refractivity contribution in [2.45, 2.75) is 32.4 Å². The molecule has 1 unspecified atom stereocenters. The molecule has 1 aromatic heterocycles. The number of rotatable bonds is 10. The molecule has 4 aromatic rings. The van der Waals surface area contributed by atoms with E-state index in [2.05, 4.69) is 29.5 Å². The van der Waals surface area contributed by atoms with Crippen molar-refractivity contribution >= 4 is 28.5 Å². The van der Waals surface area contributed by atoms with Gasteiger partial charge in [-0.1, -0.05) is 73.7 Å². The monoisotopic (exact) mass is 485 g/mol. The van der Waals surface area contributed by atoms with Gasteiger partial charge in [0.15, 0.2) is 0 Å². The zero-order valence-electron chi connectivity index (χ0n) is 20.8. The van der Waals surface area contributed by atoms with Crippen LogP contribution in [0.5, 0.6) is 0 Å². The summed E-state index contributed by atoms with van der Waals surface area (Å²) in [5, 5.41) is 11.3. The maximum atomic E-state index is 14.0. The number of para-hydroxylation sites is 1. The van der Waals surface area contributed by atoms with Crippen LogP contribution in [-0.2, 0) is 20.9 Å². The number of nitrogens with zero attached hydrogens (tertiary/aromatic N) is 4. The molecule has 1 N–H and O–H groups in total. The molecule has 3 aromatic carbocycles. The van der Waals surface area contributed by atoms with Crippen LogP contribution in [0.3, 0.4) is 0 Å². The Labute approximate surface area is 210 Å². The van der Waals surface area contributed by atoms with Crippen LogP contribution in [0.25, 0.3) is 11.0 Å². The van der Waals surface area contributed by atoms with E-state index in [1.54, 1.807) is 16.7 Å². The summed E-state index contributed by atoms with van der Waals surface area (Å²) < 4.78 is 6.67. The van der Waals surface area contributed by atoms with Gasteiger partial charge < -0.3 is 10.1 Å². The van der Waals surface area contributed by atoms with E-state index in [9.17, 15) is 9.59 Å². The van der Waals surface area contributed by atoms with Gasteiger partial charge in [-0.05, 0) is 41.3 Å². The molecule has 8 nitrogen and oxygen atoms in total. The zero-order chi connectivity index (χ0) is 25.5. The summed E-state index contributed by atoms with van der Waals surface area (Å²) in [6.07, 6.45) is 0. The van der Waals surface area contributed by atoms with Crippen LogP contribution in [-0.4, -0.2) is 47.1 Å². The van der Waals surface area contributed by atoms with E-state index >= 15 is 0 Å². The molecule has 0 radical (unpaired) electrons. The molecule has 0 aliphatic carbocycles.